The third-order valence-electron chi connectivity index (χ3n) is 5.00. The van der Waals surface area contributed by atoms with Crippen molar-refractivity contribution in [3.05, 3.63) is 78.9 Å². The van der Waals surface area contributed by atoms with Gasteiger partial charge in [0.25, 0.3) is 0 Å². The summed E-state index contributed by atoms with van der Waals surface area (Å²) in [4.78, 5) is 0.872. The summed E-state index contributed by atoms with van der Waals surface area (Å²) < 4.78 is 12.3. The van der Waals surface area contributed by atoms with E-state index < -0.39 is 10.8 Å². The highest BCUT2D eigenvalue weighted by Crippen LogP contribution is 2.48. The molecule has 0 saturated heterocycles. The molecule has 1 aliphatic heterocycles. The molecule has 3 heteroatoms. The third kappa shape index (κ3) is 2.21. The summed E-state index contributed by atoms with van der Waals surface area (Å²) in [5, 5.41) is 5.99. The minimum atomic E-state index is -1.05. The first kappa shape index (κ1) is 15.4. The Morgan fingerprint density at radius 1 is 0.692 bits per heavy atom. The SMILES string of the molecule is CS(=O)c1ccccc1-c1ccc2cccc3c2c1-c1ccccc1N3. The first-order valence-corrected chi connectivity index (χ1v) is 10.1. The van der Waals surface area contributed by atoms with Crippen LogP contribution in [0.1, 0.15) is 0 Å². The number of hydrogen-bond acceptors (Lipinski definition) is 2. The summed E-state index contributed by atoms with van der Waals surface area (Å²) in [7, 11) is -1.05. The highest BCUT2D eigenvalue weighted by atomic mass is 32.2. The molecular weight excluding hydrogens is 338 g/mol. The lowest BCUT2D eigenvalue weighted by Crippen LogP contribution is -2.03. The van der Waals surface area contributed by atoms with Gasteiger partial charge in [-0.15, -0.1) is 0 Å². The van der Waals surface area contributed by atoms with Crippen molar-refractivity contribution in [3.8, 4) is 22.3 Å². The molecule has 4 aromatic rings. The fourth-order valence-electron chi connectivity index (χ4n) is 3.88. The van der Waals surface area contributed by atoms with Gasteiger partial charge in [0.1, 0.15) is 0 Å². The fraction of sp³-hybridized carbons (Fsp3) is 0.0435. The van der Waals surface area contributed by atoms with Gasteiger partial charge in [-0.25, -0.2) is 0 Å². The molecule has 26 heavy (non-hydrogen) atoms. The van der Waals surface area contributed by atoms with E-state index in [-0.39, 0.29) is 0 Å². The van der Waals surface area contributed by atoms with Crippen LogP contribution in [0.2, 0.25) is 0 Å². The van der Waals surface area contributed by atoms with E-state index in [9.17, 15) is 4.21 Å². The van der Waals surface area contributed by atoms with E-state index in [1.165, 1.54) is 21.9 Å². The van der Waals surface area contributed by atoms with E-state index in [0.29, 0.717) is 0 Å². The molecule has 0 saturated carbocycles. The summed E-state index contributed by atoms with van der Waals surface area (Å²) in [6.07, 6.45) is 1.74. The van der Waals surface area contributed by atoms with Crippen molar-refractivity contribution in [1.82, 2.24) is 0 Å². The maximum absolute atomic E-state index is 12.3. The van der Waals surface area contributed by atoms with Gasteiger partial charge >= 0.3 is 0 Å². The molecule has 126 valence electrons. The normalized spacial score (nSPS) is 13.1. The summed E-state index contributed by atoms with van der Waals surface area (Å²) in [6.45, 7) is 0. The van der Waals surface area contributed by atoms with E-state index in [1.54, 1.807) is 6.26 Å². The molecule has 0 amide bonds. The first-order chi connectivity index (χ1) is 12.7. The Kier molecular flexibility index (Phi) is 3.44. The zero-order valence-electron chi connectivity index (χ0n) is 14.3. The number of nitrogens with one attached hydrogen (secondary N) is 1. The highest BCUT2D eigenvalue weighted by Gasteiger charge is 2.22. The molecule has 0 bridgehead atoms. The second kappa shape index (κ2) is 5.82. The zero-order valence-corrected chi connectivity index (χ0v) is 15.1. The smallest absolute Gasteiger partial charge is 0.0504 e. The maximum Gasteiger partial charge on any atom is 0.0504 e. The van der Waals surface area contributed by atoms with E-state index in [0.717, 1.165) is 27.4 Å². The van der Waals surface area contributed by atoms with Crippen molar-refractivity contribution in [1.29, 1.82) is 0 Å². The molecule has 0 spiro atoms. The molecule has 1 N–H and O–H groups in total. The van der Waals surface area contributed by atoms with Gasteiger partial charge < -0.3 is 5.32 Å². The number of para-hydroxylation sites is 1. The van der Waals surface area contributed by atoms with Crippen molar-refractivity contribution < 1.29 is 4.21 Å². The van der Waals surface area contributed by atoms with Crippen LogP contribution in [-0.2, 0) is 10.8 Å². The van der Waals surface area contributed by atoms with Crippen LogP contribution in [0.4, 0.5) is 11.4 Å². The van der Waals surface area contributed by atoms with Crippen molar-refractivity contribution >= 4 is 32.9 Å². The Morgan fingerprint density at radius 3 is 2.27 bits per heavy atom. The largest absolute Gasteiger partial charge is 0.354 e. The fourth-order valence-corrected chi connectivity index (χ4v) is 4.64. The molecule has 4 aromatic carbocycles. The second-order valence-corrected chi connectivity index (χ2v) is 7.86. The molecule has 5 rings (SSSR count). The van der Waals surface area contributed by atoms with Crippen LogP contribution in [0.15, 0.2) is 83.8 Å². The standard InChI is InChI=1S/C23H17NOS/c1-26(25)21-12-5-3-8-16(21)17-14-13-15-7-6-11-20-22(15)23(17)18-9-2-4-10-19(18)24-20/h2-14,24H,1H3. The average Bonchev–Trinajstić information content (AvgIpc) is 2.68. The number of fused-ring (bicyclic) bond motifs is 2. The van der Waals surface area contributed by atoms with Crippen molar-refractivity contribution in [2.45, 2.75) is 4.90 Å². The van der Waals surface area contributed by atoms with Gasteiger partial charge in [0.15, 0.2) is 0 Å². The lowest BCUT2D eigenvalue weighted by Gasteiger charge is -2.25. The van der Waals surface area contributed by atoms with Crippen LogP contribution in [0.3, 0.4) is 0 Å². The Labute approximate surface area is 155 Å². The van der Waals surface area contributed by atoms with E-state index in [2.05, 4.69) is 66.0 Å². The van der Waals surface area contributed by atoms with Gasteiger partial charge in [-0.3, -0.25) is 4.21 Å². The van der Waals surface area contributed by atoms with E-state index in [1.807, 2.05) is 18.2 Å². The number of anilines is 2. The molecule has 1 unspecified atom stereocenters. The van der Waals surface area contributed by atoms with E-state index in [4.69, 9.17) is 0 Å². The number of rotatable bonds is 2. The van der Waals surface area contributed by atoms with Gasteiger partial charge in [-0.2, -0.15) is 0 Å². The minimum absolute atomic E-state index is 0.872. The van der Waals surface area contributed by atoms with E-state index >= 15 is 0 Å². The summed E-state index contributed by atoms with van der Waals surface area (Å²) >= 11 is 0. The Morgan fingerprint density at radius 2 is 1.42 bits per heavy atom. The van der Waals surface area contributed by atoms with Gasteiger partial charge in [-0.1, -0.05) is 60.7 Å². The lowest BCUT2D eigenvalue weighted by atomic mass is 9.86. The lowest BCUT2D eigenvalue weighted by molar-refractivity contribution is 0.687. The maximum atomic E-state index is 12.3. The molecule has 0 radical (unpaired) electrons. The molecule has 0 aliphatic carbocycles. The van der Waals surface area contributed by atoms with Gasteiger partial charge in [0.05, 0.1) is 10.8 Å². The molecule has 0 aromatic heterocycles. The number of benzene rings is 4. The average molecular weight is 355 g/mol. The number of hydrogen-bond donors (Lipinski definition) is 1. The van der Waals surface area contributed by atoms with Crippen LogP contribution in [0, 0.1) is 0 Å². The first-order valence-electron chi connectivity index (χ1n) is 8.59. The zero-order chi connectivity index (χ0) is 17.7. The second-order valence-electron chi connectivity index (χ2n) is 6.51. The van der Waals surface area contributed by atoms with Crippen LogP contribution in [-0.4, -0.2) is 10.5 Å². The topological polar surface area (TPSA) is 29.1 Å². The van der Waals surface area contributed by atoms with Crippen molar-refractivity contribution in [2.24, 2.45) is 0 Å². The summed E-state index contributed by atoms with van der Waals surface area (Å²) in [5.41, 5.74) is 6.79. The predicted octanol–water partition coefficient (Wildman–Crippen LogP) is 5.97. The summed E-state index contributed by atoms with van der Waals surface area (Å²) in [5.74, 6) is 0. The Hall–Kier alpha value is -2.91. The molecule has 1 heterocycles. The predicted molar refractivity (Wildman–Crippen MR) is 110 cm³/mol. The Balaban J connectivity index is 1.95. The third-order valence-corrected chi connectivity index (χ3v) is 5.97. The summed E-state index contributed by atoms with van der Waals surface area (Å²) in [6, 6.07) is 27.0. The Bertz CT molecular complexity index is 1200. The van der Waals surface area contributed by atoms with Gasteiger partial charge in [-0.05, 0) is 34.7 Å². The van der Waals surface area contributed by atoms with Crippen LogP contribution in [0.25, 0.3) is 33.0 Å². The molecular formula is C23H17NOS. The van der Waals surface area contributed by atoms with Crippen LogP contribution >= 0.6 is 0 Å². The van der Waals surface area contributed by atoms with Gasteiger partial charge in [0.2, 0.25) is 0 Å². The quantitative estimate of drug-likeness (QED) is 0.423. The molecule has 2 nitrogen and oxygen atoms in total. The molecule has 0 fully saturated rings. The highest BCUT2D eigenvalue weighted by molar-refractivity contribution is 7.84. The molecule has 1 atom stereocenters. The van der Waals surface area contributed by atoms with Crippen LogP contribution in [0.5, 0.6) is 0 Å². The van der Waals surface area contributed by atoms with Gasteiger partial charge in [0, 0.05) is 39.0 Å². The minimum Gasteiger partial charge on any atom is -0.354 e. The monoisotopic (exact) mass is 355 g/mol. The van der Waals surface area contributed by atoms with Crippen molar-refractivity contribution in [3.63, 3.8) is 0 Å². The van der Waals surface area contributed by atoms with Crippen molar-refractivity contribution in [2.75, 3.05) is 11.6 Å². The molecule has 1 aliphatic rings. The van der Waals surface area contributed by atoms with Crippen LogP contribution < -0.4 is 5.32 Å².